The molecule has 0 aliphatic heterocycles. The summed E-state index contributed by atoms with van der Waals surface area (Å²) in [5.74, 6) is 1.50. The number of thiophene rings is 1. The zero-order valence-electron chi connectivity index (χ0n) is 16.8. The van der Waals surface area contributed by atoms with E-state index in [1.54, 1.807) is 0 Å². The van der Waals surface area contributed by atoms with E-state index in [1.807, 2.05) is 43.6 Å². The van der Waals surface area contributed by atoms with Gasteiger partial charge in [0, 0.05) is 35.8 Å². The van der Waals surface area contributed by atoms with E-state index in [-0.39, 0.29) is 4.21 Å². The third-order valence-electron chi connectivity index (χ3n) is 4.78. The summed E-state index contributed by atoms with van der Waals surface area (Å²) in [7, 11) is -3.77. The van der Waals surface area contributed by atoms with Gasteiger partial charge in [-0.05, 0) is 36.0 Å². The molecule has 5 nitrogen and oxygen atoms in total. The van der Waals surface area contributed by atoms with Crippen molar-refractivity contribution in [3.05, 3.63) is 58.5 Å². The first-order valence-corrected chi connectivity index (χ1v) is 11.8. The highest BCUT2D eigenvalue weighted by Crippen LogP contribution is 2.39. The summed E-state index contributed by atoms with van der Waals surface area (Å²) in [6.45, 7) is 9.08. The van der Waals surface area contributed by atoms with E-state index >= 15 is 0 Å². The predicted molar refractivity (Wildman–Crippen MR) is 115 cm³/mol. The van der Waals surface area contributed by atoms with Crippen LogP contribution < -0.4 is 5.14 Å². The van der Waals surface area contributed by atoms with E-state index < -0.39 is 10.0 Å². The first-order chi connectivity index (χ1) is 13.2. The normalized spacial score (nSPS) is 12.1. The molecule has 28 heavy (non-hydrogen) atoms. The van der Waals surface area contributed by atoms with Crippen LogP contribution in [0, 0.1) is 12.8 Å². The van der Waals surface area contributed by atoms with Crippen molar-refractivity contribution in [1.29, 1.82) is 0 Å². The number of nitrogens with zero attached hydrogens (tertiary/aromatic N) is 2. The van der Waals surface area contributed by atoms with Crippen LogP contribution in [-0.2, 0) is 29.4 Å². The quantitative estimate of drug-likeness (QED) is 0.620. The first-order valence-electron chi connectivity index (χ1n) is 9.45. The number of imidazole rings is 1. The van der Waals surface area contributed by atoms with Crippen LogP contribution in [0.1, 0.15) is 42.6 Å². The monoisotopic (exact) mass is 417 g/mol. The smallest absolute Gasteiger partial charge is 0.248 e. The molecule has 3 rings (SSSR count). The van der Waals surface area contributed by atoms with Crippen LogP contribution in [0.3, 0.4) is 0 Å². The van der Waals surface area contributed by atoms with Crippen molar-refractivity contribution in [3.8, 4) is 11.1 Å². The molecule has 0 radical (unpaired) electrons. The van der Waals surface area contributed by atoms with Gasteiger partial charge in [0.05, 0.1) is 0 Å². The van der Waals surface area contributed by atoms with Crippen LogP contribution in [0.5, 0.6) is 0 Å². The second-order valence-electron chi connectivity index (χ2n) is 7.48. The molecule has 0 spiro atoms. The number of sulfonamides is 1. The molecule has 2 N–H and O–H groups in total. The lowest BCUT2D eigenvalue weighted by Gasteiger charge is -2.09. The fourth-order valence-corrected chi connectivity index (χ4v) is 5.99. The number of benzene rings is 1. The highest BCUT2D eigenvalue weighted by atomic mass is 32.2. The predicted octanol–water partition coefficient (Wildman–Crippen LogP) is 4.38. The Kier molecular flexibility index (Phi) is 6.07. The molecule has 0 bridgehead atoms. The topological polar surface area (TPSA) is 78.0 Å². The number of aromatic nitrogens is 2. The molecule has 0 aliphatic carbocycles. The molecule has 0 atom stereocenters. The van der Waals surface area contributed by atoms with Gasteiger partial charge in [-0.2, -0.15) is 0 Å². The van der Waals surface area contributed by atoms with E-state index in [9.17, 15) is 8.42 Å². The summed E-state index contributed by atoms with van der Waals surface area (Å²) in [6, 6.07) is 8.06. The molecule has 7 heteroatoms. The second-order valence-corrected chi connectivity index (χ2v) is 10.3. The molecule has 0 saturated carbocycles. The van der Waals surface area contributed by atoms with Crippen molar-refractivity contribution in [1.82, 2.24) is 9.55 Å². The molecule has 1 aromatic carbocycles. The fraction of sp³-hybridized carbons (Fsp3) is 0.381. The molecule has 2 aromatic heterocycles. The van der Waals surface area contributed by atoms with Gasteiger partial charge in [0.1, 0.15) is 10.0 Å². The Hall–Kier alpha value is -1.96. The Bertz CT molecular complexity index is 1060. The second kappa shape index (κ2) is 8.19. The number of rotatable bonds is 7. The van der Waals surface area contributed by atoms with Crippen LogP contribution in [0.25, 0.3) is 11.1 Å². The Morgan fingerprint density at radius 3 is 2.46 bits per heavy atom. The Morgan fingerprint density at radius 2 is 1.89 bits per heavy atom. The Balaban J connectivity index is 1.98. The molecule has 0 unspecified atom stereocenters. The Labute approximate surface area is 171 Å². The maximum absolute atomic E-state index is 12.2. The lowest BCUT2D eigenvalue weighted by molar-refractivity contribution is 0.600. The van der Waals surface area contributed by atoms with Gasteiger partial charge in [-0.15, -0.1) is 11.3 Å². The van der Waals surface area contributed by atoms with Gasteiger partial charge in [-0.3, -0.25) is 0 Å². The largest absolute Gasteiger partial charge is 0.331 e. The van der Waals surface area contributed by atoms with Crippen LogP contribution in [-0.4, -0.2) is 18.0 Å². The van der Waals surface area contributed by atoms with E-state index in [0.717, 1.165) is 52.3 Å². The Morgan fingerprint density at radius 1 is 1.21 bits per heavy atom. The number of nitrogens with two attached hydrogens (primary N) is 1. The molecule has 3 aromatic rings. The fourth-order valence-electron chi connectivity index (χ4n) is 3.40. The summed E-state index contributed by atoms with van der Waals surface area (Å²) in [5.41, 5.74) is 3.78. The summed E-state index contributed by atoms with van der Waals surface area (Å²) in [6.07, 6.45) is 5.52. The van der Waals surface area contributed by atoms with Crippen LogP contribution in [0.15, 0.2) is 40.9 Å². The van der Waals surface area contributed by atoms with Crippen LogP contribution >= 0.6 is 11.3 Å². The van der Waals surface area contributed by atoms with E-state index in [2.05, 4.69) is 30.3 Å². The SMILES string of the molecule is CCc1nccn1Cc1ccc(-c2c(S(N)(=O)=O)sc(CC(C)C)c2C)cc1. The van der Waals surface area contributed by atoms with Crippen molar-refractivity contribution in [2.75, 3.05) is 0 Å². The van der Waals surface area contributed by atoms with Crippen molar-refractivity contribution in [2.45, 2.75) is 51.3 Å². The minimum Gasteiger partial charge on any atom is -0.331 e. The third-order valence-corrected chi connectivity index (χ3v) is 7.56. The van der Waals surface area contributed by atoms with Crippen LogP contribution in [0.4, 0.5) is 0 Å². The van der Waals surface area contributed by atoms with E-state index in [0.29, 0.717) is 5.92 Å². The maximum atomic E-state index is 12.2. The van der Waals surface area contributed by atoms with Crippen molar-refractivity contribution in [2.24, 2.45) is 11.1 Å². The molecule has 0 fully saturated rings. The van der Waals surface area contributed by atoms with Gasteiger partial charge >= 0.3 is 0 Å². The first kappa shape index (κ1) is 20.8. The molecular formula is C21H27N3O2S2. The highest BCUT2D eigenvalue weighted by Gasteiger charge is 2.24. The summed E-state index contributed by atoms with van der Waals surface area (Å²) in [4.78, 5) is 5.44. The maximum Gasteiger partial charge on any atom is 0.248 e. The van der Waals surface area contributed by atoms with Gasteiger partial charge in [-0.1, -0.05) is 45.0 Å². The van der Waals surface area contributed by atoms with Gasteiger partial charge in [0.25, 0.3) is 0 Å². The summed E-state index contributed by atoms with van der Waals surface area (Å²) < 4.78 is 26.8. The standard InChI is InChI=1S/C21H27N3O2S2/c1-5-19-23-10-11-24(19)13-16-6-8-17(9-7-16)20-15(4)18(12-14(2)3)27-21(20)28(22,25)26/h6-11,14H,5,12-13H2,1-4H3,(H2,22,25,26). The molecule has 2 heterocycles. The van der Waals surface area contributed by atoms with Gasteiger partial charge in [-0.25, -0.2) is 18.5 Å². The number of hydrogen-bond acceptors (Lipinski definition) is 4. The third kappa shape index (κ3) is 4.37. The number of hydrogen-bond donors (Lipinski definition) is 1. The zero-order chi connectivity index (χ0) is 20.5. The summed E-state index contributed by atoms with van der Waals surface area (Å²) in [5, 5.41) is 5.53. The van der Waals surface area contributed by atoms with Crippen molar-refractivity contribution >= 4 is 21.4 Å². The number of aryl methyl sites for hydroxylation is 1. The molecular weight excluding hydrogens is 390 g/mol. The number of primary sulfonamides is 1. The molecule has 150 valence electrons. The van der Waals surface area contributed by atoms with Gasteiger partial charge in [0.2, 0.25) is 10.0 Å². The molecule has 0 saturated heterocycles. The van der Waals surface area contributed by atoms with Crippen molar-refractivity contribution < 1.29 is 8.42 Å². The molecule has 0 aliphatic rings. The van der Waals surface area contributed by atoms with Crippen molar-refractivity contribution in [3.63, 3.8) is 0 Å². The van der Waals surface area contributed by atoms with Gasteiger partial charge in [0.15, 0.2) is 0 Å². The van der Waals surface area contributed by atoms with E-state index in [4.69, 9.17) is 5.14 Å². The molecule has 0 amide bonds. The van der Waals surface area contributed by atoms with Crippen LogP contribution in [0.2, 0.25) is 0 Å². The van der Waals surface area contributed by atoms with Gasteiger partial charge < -0.3 is 4.57 Å². The van der Waals surface area contributed by atoms with E-state index in [1.165, 1.54) is 11.3 Å². The minimum atomic E-state index is -3.77. The minimum absolute atomic E-state index is 0.260. The average molecular weight is 418 g/mol. The lowest BCUT2D eigenvalue weighted by atomic mass is 9.99. The lowest BCUT2D eigenvalue weighted by Crippen LogP contribution is -2.11. The highest BCUT2D eigenvalue weighted by molar-refractivity contribution is 7.91. The zero-order valence-corrected chi connectivity index (χ0v) is 18.4. The summed E-state index contributed by atoms with van der Waals surface area (Å²) >= 11 is 1.30. The average Bonchev–Trinajstić information content (AvgIpc) is 3.20.